The Morgan fingerprint density at radius 1 is 1.41 bits per heavy atom. The van der Waals surface area contributed by atoms with Crippen LogP contribution >= 0.6 is 11.8 Å². The quantitative estimate of drug-likeness (QED) is 0.885. The molecule has 0 aliphatic carbocycles. The van der Waals surface area contributed by atoms with E-state index in [4.69, 9.17) is 5.73 Å². The maximum Gasteiger partial charge on any atom is 0.0544 e. The fourth-order valence-corrected chi connectivity index (χ4v) is 3.65. The number of hydrogen-bond acceptors (Lipinski definition) is 4. The largest absolute Gasteiger partial charge is 0.329 e. The zero-order valence-electron chi connectivity index (χ0n) is 10.4. The SMILES string of the molecule is CN(Cc1ccccn1)C1(CN)CCSCC1. The highest BCUT2D eigenvalue weighted by molar-refractivity contribution is 7.99. The van der Waals surface area contributed by atoms with E-state index in [1.807, 2.05) is 30.1 Å². The van der Waals surface area contributed by atoms with E-state index < -0.39 is 0 Å². The molecule has 4 heteroatoms. The molecule has 0 atom stereocenters. The highest BCUT2D eigenvalue weighted by atomic mass is 32.2. The van der Waals surface area contributed by atoms with Gasteiger partial charge >= 0.3 is 0 Å². The number of hydrogen-bond donors (Lipinski definition) is 1. The first-order chi connectivity index (χ1) is 8.27. The van der Waals surface area contributed by atoms with Crippen molar-refractivity contribution in [1.29, 1.82) is 0 Å². The molecule has 1 fully saturated rings. The lowest BCUT2D eigenvalue weighted by Crippen LogP contribution is -2.53. The number of aromatic nitrogens is 1. The van der Waals surface area contributed by atoms with Gasteiger partial charge in [-0.05, 0) is 43.5 Å². The molecule has 0 spiro atoms. The molecule has 1 aliphatic heterocycles. The summed E-state index contributed by atoms with van der Waals surface area (Å²) >= 11 is 2.04. The van der Waals surface area contributed by atoms with Crippen LogP contribution in [0.4, 0.5) is 0 Å². The van der Waals surface area contributed by atoms with Crippen LogP contribution in [0, 0.1) is 0 Å². The Bertz CT molecular complexity index is 336. The molecule has 0 amide bonds. The van der Waals surface area contributed by atoms with Crippen molar-refractivity contribution in [1.82, 2.24) is 9.88 Å². The van der Waals surface area contributed by atoms with Crippen molar-refractivity contribution in [3.05, 3.63) is 30.1 Å². The van der Waals surface area contributed by atoms with Gasteiger partial charge in [0.25, 0.3) is 0 Å². The number of thioether (sulfide) groups is 1. The number of likely N-dealkylation sites (N-methyl/N-ethyl adjacent to an activating group) is 1. The summed E-state index contributed by atoms with van der Waals surface area (Å²) in [4.78, 5) is 6.79. The van der Waals surface area contributed by atoms with Gasteiger partial charge in [-0.1, -0.05) is 6.07 Å². The van der Waals surface area contributed by atoms with Gasteiger partial charge in [-0.2, -0.15) is 11.8 Å². The molecule has 1 aliphatic rings. The van der Waals surface area contributed by atoms with E-state index in [1.165, 1.54) is 24.3 Å². The molecule has 0 aromatic carbocycles. The first kappa shape index (κ1) is 12.9. The number of rotatable bonds is 4. The lowest BCUT2D eigenvalue weighted by molar-refractivity contribution is 0.106. The van der Waals surface area contributed by atoms with E-state index in [2.05, 4.69) is 23.0 Å². The van der Waals surface area contributed by atoms with Gasteiger partial charge in [0.2, 0.25) is 0 Å². The van der Waals surface area contributed by atoms with Crippen LogP contribution in [0.2, 0.25) is 0 Å². The summed E-state index contributed by atoms with van der Waals surface area (Å²) in [6, 6.07) is 6.08. The van der Waals surface area contributed by atoms with Crippen molar-refractivity contribution in [2.75, 3.05) is 25.1 Å². The Morgan fingerprint density at radius 3 is 2.76 bits per heavy atom. The summed E-state index contributed by atoms with van der Waals surface area (Å²) in [7, 11) is 2.18. The monoisotopic (exact) mass is 251 g/mol. The zero-order valence-corrected chi connectivity index (χ0v) is 11.2. The van der Waals surface area contributed by atoms with Crippen LogP contribution in [0.15, 0.2) is 24.4 Å². The first-order valence-corrected chi connectivity index (χ1v) is 7.31. The number of nitrogens with zero attached hydrogens (tertiary/aromatic N) is 2. The van der Waals surface area contributed by atoms with Crippen molar-refractivity contribution >= 4 is 11.8 Å². The van der Waals surface area contributed by atoms with Gasteiger partial charge in [0.15, 0.2) is 0 Å². The highest BCUT2D eigenvalue weighted by Gasteiger charge is 2.34. The molecule has 17 heavy (non-hydrogen) atoms. The standard InChI is InChI=1S/C13H21N3S/c1-16(10-12-4-2-3-7-15-12)13(11-14)5-8-17-9-6-13/h2-4,7H,5-6,8-11,14H2,1H3. The van der Waals surface area contributed by atoms with Gasteiger partial charge in [0.05, 0.1) is 5.69 Å². The zero-order chi connectivity index (χ0) is 12.1. The van der Waals surface area contributed by atoms with E-state index in [0.29, 0.717) is 0 Å². The number of nitrogens with two attached hydrogens (primary N) is 1. The Morgan fingerprint density at radius 2 is 2.18 bits per heavy atom. The lowest BCUT2D eigenvalue weighted by atomic mass is 9.90. The van der Waals surface area contributed by atoms with Crippen molar-refractivity contribution < 1.29 is 0 Å². The Balaban J connectivity index is 2.04. The van der Waals surface area contributed by atoms with Gasteiger partial charge in [-0.25, -0.2) is 0 Å². The summed E-state index contributed by atoms with van der Waals surface area (Å²) in [6.45, 7) is 1.64. The third-order valence-corrected chi connectivity index (χ3v) is 4.72. The summed E-state index contributed by atoms with van der Waals surface area (Å²) in [5, 5.41) is 0. The molecule has 1 aromatic rings. The molecule has 3 nitrogen and oxygen atoms in total. The molecule has 2 N–H and O–H groups in total. The van der Waals surface area contributed by atoms with Crippen molar-refractivity contribution in [3.63, 3.8) is 0 Å². The maximum absolute atomic E-state index is 6.02. The van der Waals surface area contributed by atoms with E-state index in [-0.39, 0.29) is 5.54 Å². The van der Waals surface area contributed by atoms with Crippen LogP contribution in [0.3, 0.4) is 0 Å². The van der Waals surface area contributed by atoms with Crippen LogP contribution in [-0.2, 0) is 6.54 Å². The Hall–Kier alpha value is -0.580. The summed E-state index contributed by atoms with van der Waals surface area (Å²) in [6.07, 6.45) is 4.24. The Kier molecular flexibility index (Phi) is 4.42. The smallest absolute Gasteiger partial charge is 0.0544 e. The minimum atomic E-state index is 0.183. The van der Waals surface area contributed by atoms with Gasteiger partial charge in [-0.15, -0.1) is 0 Å². The molecule has 0 saturated carbocycles. The molecule has 1 aromatic heterocycles. The highest BCUT2D eigenvalue weighted by Crippen LogP contribution is 2.31. The van der Waals surface area contributed by atoms with Crippen molar-refractivity contribution in [3.8, 4) is 0 Å². The molecule has 2 heterocycles. The predicted octanol–water partition coefficient (Wildman–Crippen LogP) is 1.74. The Labute approximate surface area is 108 Å². The molecule has 0 radical (unpaired) electrons. The van der Waals surface area contributed by atoms with Crippen LogP contribution in [0.25, 0.3) is 0 Å². The van der Waals surface area contributed by atoms with Crippen molar-refractivity contribution in [2.45, 2.75) is 24.9 Å². The van der Waals surface area contributed by atoms with Crippen LogP contribution < -0.4 is 5.73 Å². The second-order valence-electron chi connectivity index (χ2n) is 4.72. The molecule has 2 rings (SSSR count). The number of pyridine rings is 1. The van der Waals surface area contributed by atoms with Crippen LogP contribution in [0.1, 0.15) is 18.5 Å². The second-order valence-corrected chi connectivity index (χ2v) is 5.94. The van der Waals surface area contributed by atoms with Gasteiger partial charge in [0.1, 0.15) is 0 Å². The summed E-state index contributed by atoms with van der Waals surface area (Å²) < 4.78 is 0. The minimum Gasteiger partial charge on any atom is -0.329 e. The van der Waals surface area contributed by atoms with Crippen LogP contribution in [0.5, 0.6) is 0 Å². The minimum absolute atomic E-state index is 0.183. The average molecular weight is 251 g/mol. The molecule has 94 valence electrons. The van der Waals surface area contributed by atoms with E-state index in [1.54, 1.807) is 0 Å². The second kappa shape index (κ2) is 5.85. The summed E-state index contributed by atoms with van der Waals surface area (Å²) in [5.41, 5.74) is 7.33. The van der Waals surface area contributed by atoms with Gasteiger partial charge < -0.3 is 5.73 Å². The predicted molar refractivity (Wildman–Crippen MR) is 74.0 cm³/mol. The fourth-order valence-electron chi connectivity index (χ4n) is 2.40. The average Bonchev–Trinajstić information content (AvgIpc) is 2.40. The van der Waals surface area contributed by atoms with Gasteiger partial charge in [-0.3, -0.25) is 9.88 Å². The molecular formula is C13H21N3S. The third-order valence-electron chi connectivity index (χ3n) is 3.74. The van der Waals surface area contributed by atoms with E-state index in [9.17, 15) is 0 Å². The van der Waals surface area contributed by atoms with E-state index >= 15 is 0 Å². The molecule has 1 saturated heterocycles. The molecule has 0 bridgehead atoms. The van der Waals surface area contributed by atoms with Gasteiger partial charge in [0, 0.05) is 24.8 Å². The molecular weight excluding hydrogens is 230 g/mol. The first-order valence-electron chi connectivity index (χ1n) is 6.16. The topological polar surface area (TPSA) is 42.2 Å². The summed E-state index contributed by atoms with van der Waals surface area (Å²) in [5.74, 6) is 2.45. The third kappa shape index (κ3) is 3.00. The van der Waals surface area contributed by atoms with E-state index in [0.717, 1.165) is 18.8 Å². The maximum atomic E-state index is 6.02. The van der Waals surface area contributed by atoms with Crippen LogP contribution in [-0.4, -0.2) is 40.5 Å². The fraction of sp³-hybridized carbons (Fsp3) is 0.615. The molecule has 0 unspecified atom stereocenters. The van der Waals surface area contributed by atoms with Crippen molar-refractivity contribution in [2.24, 2.45) is 5.73 Å². The normalized spacial score (nSPS) is 19.5. The lowest BCUT2D eigenvalue weighted by Gasteiger charge is -2.43.